The average molecular weight is 388 g/mol. The van der Waals surface area contributed by atoms with Crippen LogP contribution < -0.4 is 9.47 Å². The molecule has 1 aliphatic rings. The molecule has 5 heteroatoms. The Bertz CT molecular complexity index is 857. The van der Waals surface area contributed by atoms with Crippen molar-refractivity contribution >= 4 is 17.5 Å². The van der Waals surface area contributed by atoms with Gasteiger partial charge in [0.15, 0.2) is 11.5 Å². The van der Waals surface area contributed by atoms with Gasteiger partial charge in [0.1, 0.15) is 0 Å². The number of amides is 1. The van der Waals surface area contributed by atoms with Gasteiger partial charge >= 0.3 is 0 Å². The largest absolute Gasteiger partial charge is 0.493 e. The Balaban J connectivity index is 2.21. The second kappa shape index (κ2) is 7.43. The van der Waals surface area contributed by atoms with Crippen molar-refractivity contribution < 1.29 is 14.3 Å². The molecule has 0 fully saturated rings. The van der Waals surface area contributed by atoms with Gasteiger partial charge in [-0.15, -0.1) is 0 Å². The molecular formula is C22H26ClNO3. The molecule has 0 aliphatic carbocycles. The van der Waals surface area contributed by atoms with E-state index in [1.165, 1.54) is 0 Å². The van der Waals surface area contributed by atoms with Crippen LogP contribution in [0.4, 0.5) is 0 Å². The second-order valence-corrected chi connectivity index (χ2v) is 8.24. The summed E-state index contributed by atoms with van der Waals surface area (Å²) in [6, 6.07) is 11.4. The molecule has 0 saturated heterocycles. The van der Waals surface area contributed by atoms with Crippen molar-refractivity contribution in [3.63, 3.8) is 0 Å². The van der Waals surface area contributed by atoms with Crippen molar-refractivity contribution in [2.45, 2.75) is 33.2 Å². The summed E-state index contributed by atoms with van der Waals surface area (Å²) in [4.78, 5) is 15.2. The summed E-state index contributed by atoms with van der Waals surface area (Å²) in [5.74, 6) is 1.45. The van der Waals surface area contributed by atoms with E-state index in [4.69, 9.17) is 21.1 Å². The molecule has 144 valence electrons. The predicted molar refractivity (Wildman–Crippen MR) is 108 cm³/mol. The molecule has 1 atom stereocenters. The Morgan fingerprint density at radius 1 is 1.07 bits per heavy atom. The second-order valence-electron chi connectivity index (χ2n) is 7.83. The van der Waals surface area contributed by atoms with Gasteiger partial charge in [0.05, 0.1) is 20.3 Å². The molecule has 0 saturated carbocycles. The first-order valence-electron chi connectivity index (χ1n) is 9.08. The van der Waals surface area contributed by atoms with E-state index in [1.54, 1.807) is 14.2 Å². The normalized spacial score (nSPS) is 16.7. The monoisotopic (exact) mass is 387 g/mol. The van der Waals surface area contributed by atoms with E-state index < -0.39 is 5.41 Å². The number of hydrogen-bond donors (Lipinski definition) is 0. The van der Waals surface area contributed by atoms with Gasteiger partial charge in [0.25, 0.3) is 0 Å². The van der Waals surface area contributed by atoms with Crippen LogP contribution in [0, 0.1) is 5.41 Å². The fourth-order valence-electron chi connectivity index (χ4n) is 3.63. The highest BCUT2D eigenvalue weighted by Gasteiger charge is 2.38. The number of hydrogen-bond acceptors (Lipinski definition) is 3. The molecule has 4 nitrogen and oxygen atoms in total. The van der Waals surface area contributed by atoms with E-state index in [0.29, 0.717) is 23.1 Å². The molecular weight excluding hydrogens is 362 g/mol. The molecule has 0 N–H and O–H groups in total. The summed E-state index contributed by atoms with van der Waals surface area (Å²) in [7, 11) is 3.25. The number of carbonyl (C=O) groups excluding carboxylic acids is 1. The lowest BCUT2D eigenvalue weighted by molar-refractivity contribution is -0.141. The quantitative estimate of drug-likeness (QED) is 0.753. The highest BCUT2D eigenvalue weighted by atomic mass is 35.5. The Labute approximate surface area is 166 Å². The minimum atomic E-state index is -0.479. The van der Waals surface area contributed by atoms with Gasteiger partial charge in [0.2, 0.25) is 5.91 Å². The molecule has 0 aromatic heterocycles. The van der Waals surface area contributed by atoms with Crippen LogP contribution in [-0.2, 0) is 11.2 Å². The zero-order valence-electron chi connectivity index (χ0n) is 16.5. The summed E-state index contributed by atoms with van der Waals surface area (Å²) in [5.41, 5.74) is 2.62. The SMILES string of the molecule is COc1cc2c(cc1OC)[C@@H](c1ccccc1Cl)N(C(=O)C(C)(C)C)CC2. The highest BCUT2D eigenvalue weighted by Crippen LogP contribution is 2.43. The third-order valence-corrected chi connectivity index (χ3v) is 5.32. The number of methoxy groups -OCH3 is 2. The summed E-state index contributed by atoms with van der Waals surface area (Å²) < 4.78 is 11.0. The van der Waals surface area contributed by atoms with Crippen LogP contribution >= 0.6 is 11.6 Å². The van der Waals surface area contributed by atoms with Crippen LogP contribution in [0.1, 0.15) is 43.5 Å². The number of nitrogens with zero attached hydrogens (tertiary/aromatic N) is 1. The molecule has 2 aromatic carbocycles. The number of carbonyl (C=O) groups is 1. The van der Waals surface area contributed by atoms with E-state index in [-0.39, 0.29) is 11.9 Å². The summed E-state index contributed by atoms with van der Waals surface area (Å²) in [6.45, 7) is 6.48. The molecule has 1 heterocycles. The molecule has 2 aromatic rings. The summed E-state index contributed by atoms with van der Waals surface area (Å²) in [6.07, 6.45) is 0.762. The Morgan fingerprint density at radius 2 is 1.70 bits per heavy atom. The van der Waals surface area contributed by atoms with E-state index >= 15 is 0 Å². The van der Waals surface area contributed by atoms with E-state index in [2.05, 4.69) is 0 Å². The molecule has 1 amide bonds. The van der Waals surface area contributed by atoms with Gasteiger partial charge in [-0.2, -0.15) is 0 Å². The number of fused-ring (bicyclic) bond motifs is 1. The van der Waals surface area contributed by atoms with Crippen LogP contribution in [0.15, 0.2) is 36.4 Å². The zero-order valence-corrected chi connectivity index (χ0v) is 17.3. The Hall–Kier alpha value is -2.20. The first-order chi connectivity index (χ1) is 12.8. The third-order valence-electron chi connectivity index (χ3n) is 4.98. The first-order valence-corrected chi connectivity index (χ1v) is 9.46. The van der Waals surface area contributed by atoms with E-state index in [9.17, 15) is 4.79 Å². The maximum atomic E-state index is 13.2. The van der Waals surface area contributed by atoms with Crippen LogP contribution in [0.2, 0.25) is 5.02 Å². The molecule has 3 rings (SSSR count). The summed E-state index contributed by atoms with van der Waals surface area (Å²) >= 11 is 6.55. The lowest BCUT2D eigenvalue weighted by atomic mass is 9.85. The van der Waals surface area contributed by atoms with Gasteiger partial charge in [0, 0.05) is 17.0 Å². The van der Waals surface area contributed by atoms with Crippen molar-refractivity contribution in [2.75, 3.05) is 20.8 Å². The molecule has 0 unspecified atom stereocenters. The van der Waals surface area contributed by atoms with Crippen molar-refractivity contribution in [3.8, 4) is 11.5 Å². The number of ether oxygens (including phenoxy) is 2. The lowest BCUT2D eigenvalue weighted by Crippen LogP contribution is -2.45. The zero-order chi connectivity index (χ0) is 19.8. The topological polar surface area (TPSA) is 38.8 Å². The number of rotatable bonds is 3. The van der Waals surface area contributed by atoms with Gasteiger partial charge in [-0.05, 0) is 41.3 Å². The van der Waals surface area contributed by atoms with Gasteiger partial charge in [-0.25, -0.2) is 0 Å². The molecule has 0 radical (unpaired) electrons. The first kappa shape index (κ1) is 19.6. The van der Waals surface area contributed by atoms with Crippen LogP contribution in [0.25, 0.3) is 0 Å². The van der Waals surface area contributed by atoms with Crippen molar-refractivity contribution in [2.24, 2.45) is 5.41 Å². The Morgan fingerprint density at radius 3 is 2.30 bits per heavy atom. The van der Waals surface area contributed by atoms with E-state index in [0.717, 1.165) is 23.1 Å². The highest BCUT2D eigenvalue weighted by molar-refractivity contribution is 6.31. The smallest absolute Gasteiger partial charge is 0.228 e. The molecule has 0 spiro atoms. The maximum absolute atomic E-state index is 13.2. The van der Waals surface area contributed by atoms with E-state index in [1.807, 2.05) is 62.1 Å². The minimum Gasteiger partial charge on any atom is -0.493 e. The van der Waals surface area contributed by atoms with Gasteiger partial charge in [-0.3, -0.25) is 4.79 Å². The standard InChI is InChI=1S/C22H26ClNO3/c1-22(2,3)21(25)24-11-10-14-12-18(26-4)19(27-5)13-16(14)20(24)15-8-6-7-9-17(15)23/h6-9,12-13,20H,10-11H2,1-5H3/t20-/m1/s1. The fraction of sp³-hybridized carbons (Fsp3) is 0.409. The van der Waals surface area contributed by atoms with Crippen molar-refractivity contribution in [1.82, 2.24) is 4.90 Å². The molecule has 0 bridgehead atoms. The molecule has 27 heavy (non-hydrogen) atoms. The Kier molecular flexibility index (Phi) is 5.38. The fourth-order valence-corrected chi connectivity index (χ4v) is 3.87. The number of benzene rings is 2. The minimum absolute atomic E-state index is 0.104. The maximum Gasteiger partial charge on any atom is 0.228 e. The predicted octanol–water partition coefficient (Wildman–Crippen LogP) is 4.88. The van der Waals surface area contributed by atoms with Crippen LogP contribution in [0.3, 0.4) is 0 Å². The molecule has 1 aliphatic heterocycles. The van der Waals surface area contributed by atoms with Crippen molar-refractivity contribution in [1.29, 1.82) is 0 Å². The van der Waals surface area contributed by atoms with Gasteiger partial charge < -0.3 is 14.4 Å². The van der Waals surface area contributed by atoms with Crippen LogP contribution in [-0.4, -0.2) is 31.6 Å². The third kappa shape index (κ3) is 3.63. The van der Waals surface area contributed by atoms with Crippen LogP contribution in [0.5, 0.6) is 11.5 Å². The number of halogens is 1. The van der Waals surface area contributed by atoms with Gasteiger partial charge in [-0.1, -0.05) is 50.6 Å². The van der Waals surface area contributed by atoms with Crippen molar-refractivity contribution in [3.05, 3.63) is 58.1 Å². The average Bonchev–Trinajstić information content (AvgIpc) is 2.65. The lowest BCUT2D eigenvalue weighted by Gasteiger charge is -2.41. The summed E-state index contributed by atoms with van der Waals surface area (Å²) in [5, 5.41) is 0.650.